The van der Waals surface area contributed by atoms with Gasteiger partial charge in [0.15, 0.2) is 0 Å². The minimum Gasteiger partial charge on any atom is -0.0654 e. The molecule has 0 heterocycles. The van der Waals surface area contributed by atoms with E-state index in [0.29, 0.717) is 0 Å². The summed E-state index contributed by atoms with van der Waals surface area (Å²) >= 11 is 0. The molecular weight excluding hydrogens is 316 g/mol. The maximum Gasteiger partial charge on any atom is 0.103 e. The molecular formula is C24H35Si. The predicted molar refractivity (Wildman–Crippen MR) is 115 cm³/mol. The minimum absolute atomic E-state index is 0.219. The van der Waals surface area contributed by atoms with Crippen LogP contribution < -0.4 is 10.4 Å². The first-order chi connectivity index (χ1) is 12.3. The lowest BCUT2D eigenvalue weighted by molar-refractivity contribution is 0.661. The molecule has 0 aliphatic heterocycles. The first-order valence-electron chi connectivity index (χ1n) is 10.3. The summed E-state index contributed by atoms with van der Waals surface area (Å²) in [5.74, 6) is 0. The van der Waals surface area contributed by atoms with Gasteiger partial charge in [-0.25, -0.2) is 0 Å². The second kappa shape index (κ2) is 12.1. The fourth-order valence-corrected chi connectivity index (χ4v) is 4.81. The number of unbranched alkanes of at least 4 members (excludes halogenated alkanes) is 6. The molecule has 0 N–H and O–H groups in total. The second-order valence-electron chi connectivity index (χ2n) is 7.26. The topological polar surface area (TPSA) is 0 Å². The summed E-state index contributed by atoms with van der Waals surface area (Å²) in [6.45, 7) is 4.58. The van der Waals surface area contributed by atoms with Crippen molar-refractivity contribution in [2.75, 3.05) is 0 Å². The maximum absolute atomic E-state index is 2.49. The molecule has 0 atom stereocenters. The second-order valence-corrected chi connectivity index (χ2v) is 8.88. The molecule has 135 valence electrons. The van der Waals surface area contributed by atoms with E-state index in [1.165, 1.54) is 69.4 Å². The van der Waals surface area contributed by atoms with E-state index in [1.807, 2.05) is 0 Å². The van der Waals surface area contributed by atoms with Gasteiger partial charge in [-0.1, -0.05) is 111 Å². The molecule has 0 unspecified atom stereocenters. The monoisotopic (exact) mass is 351 g/mol. The van der Waals surface area contributed by atoms with Crippen LogP contribution in [0.1, 0.15) is 76.3 Å². The molecule has 0 amide bonds. The van der Waals surface area contributed by atoms with Gasteiger partial charge in [0, 0.05) is 0 Å². The van der Waals surface area contributed by atoms with E-state index in [0.717, 1.165) is 0 Å². The molecule has 0 fully saturated rings. The van der Waals surface area contributed by atoms with Crippen molar-refractivity contribution in [1.82, 2.24) is 0 Å². The number of aryl methyl sites for hydroxylation is 2. The molecule has 0 bridgehead atoms. The van der Waals surface area contributed by atoms with Crippen LogP contribution in [-0.2, 0) is 12.8 Å². The van der Waals surface area contributed by atoms with Crippen LogP contribution in [0.25, 0.3) is 0 Å². The normalized spacial score (nSPS) is 11.0. The third kappa shape index (κ3) is 8.05. The standard InChI is InChI=1S/C24H35Si/c1-3-5-7-10-14-21-18-22(15-11-8-6-4-2)20-24(19-21)25-23-16-12-9-13-17-23/h9,12-13,16-20,25H,3-8,10-11,14-15H2,1-2H3. The van der Waals surface area contributed by atoms with E-state index in [-0.39, 0.29) is 9.52 Å². The first-order valence-corrected chi connectivity index (χ1v) is 11.5. The van der Waals surface area contributed by atoms with Crippen LogP contribution in [0.2, 0.25) is 0 Å². The van der Waals surface area contributed by atoms with Gasteiger partial charge >= 0.3 is 0 Å². The molecule has 2 rings (SSSR count). The molecule has 1 heteroatoms. The predicted octanol–water partition coefficient (Wildman–Crippen LogP) is 5.32. The fourth-order valence-electron chi connectivity index (χ4n) is 3.42. The van der Waals surface area contributed by atoms with Gasteiger partial charge in [-0.05, 0) is 36.8 Å². The lowest BCUT2D eigenvalue weighted by Crippen LogP contribution is -2.27. The Kier molecular flexibility index (Phi) is 9.65. The molecule has 0 nitrogen and oxygen atoms in total. The van der Waals surface area contributed by atoms with Crippen molar-refractivity contribution in [2.24, 2.45) is 0 Å². The van der Waals surface area contributed by atoms with E-state index < -0.39 is 0 Å². The van der Waals surface area contributed by atoms with E-state index in [2.05, 4.69) is 62.4 Å². The zero-order chi connectivity index (χ0) is 17.7. The van der Waals surface area contributed by atoms with Crippen LogP contribution in [-0.4, -0.2) is 9.52 Å². The summed E-state index contributed by atoms with van der Waals surface area (Å²) in [5, 5.41) is 3.08. The largest absolute Gasteiger partial charge is 0.103 e. The zero-order valence-electron chi connectivity index (χ0n) is 16.3. The lowest BCUT2D eigenvalue weighted by atomic mass is 10.0. The zero-order valence-corrected chi connectivity index (χ0v) is 17.4. The van der Waals surface area contributed by atoms with Crippen molar-refractivity contribution < 1.29 is 0 Å². The Labute approximate surface area is 157 Å². The first kappa shape index (κ1) is 20.0. The summed E-state index contributed by atoms with van der Waals surface area (Å²) in [6.07, 6.45) is 13.3. The fraction of sp³-hybridized carbons (Fsp3) is 0.500. The summed E-state index contributed by atoms with van der Waals surface area (Å²) < 4.78 is 0. The Balaban J connectivity index is 2.04. The van der Waals surface area contributed by atoms with Crippen molar-refractivity contribution in [3.05, 3.63) is 59.7 Å². The van der Waals surface area contributed by atoms with Crippen molar-refractivity contribution >= 4 is 19.9 Å². The van der Waals surface area contributed by atoms with Gasteiger partial charge in [0.05, 0.1) is 0 Å². The Morgan fingerprint density at radius 2 is 1.16 bits per heavy atom. The molecule has 0 saturated heterocycles. The third-order valence-electron chi connectivity index (χ3n) is 4.85. The molecule has 0 aliphatic rings. The third-order valence-corrected chi connectivity index (χ3v) is 6.23. The average molecular weight is 352 g/mol. The highest BCUT2D eigenvalue weighted by molar-refractivity contribution is 6.67. The maximum atomic E-state index is 2.49. The van der Waals surface area contributed by atoms with E-state index >= 15 is 0 Å². The number of hydrogen-bond donors (Lipinski definition) is 0. The van der Waals surface area contributed by atoms with Crippen molar-refractivity contribution in [3.8, 4) is 0 Å². The Bertz CT molecular complexity index is 558. The highest BCUT2D eigenvalue weighted by Crippen LogP contribution is 2.12. The molecule has 0 aromatic heterocycles. The molecule has 0 aliphatic carbocycles. The van der Waals surface area contributed by atoms with E-state index in [4.69, 9.17) is 0 Å². The van der Waals surface area contributed by atoms with Gasteiger partial charge < -0.3 is 0 Å². The van der Waals surface area contributed by atoms with Gasteiger partial charge in [-0.2, -0.15) is 0 Å². The number of hydrogen-bond acceptors (Lipinski definition) is 0. The molecule has 25 heavy (non-hydrogen) atoms. The van der Waals surface area contributed by atoms with Crippen LogP contribution >= 0.6 is 0 Å². The Morgan fingerprint density at radius 1 is 0.600 bits per heavy atom. The molecule has 2 aromatic carbocycles. The summed E-state index contributed by atoms with van der Waals surface area (Å²) in [7, 11) is 0.219. The number of rotatable bonds is 12. The highest BCUT2D eigenvalue weighted by atomic mass is 28.2. The van der Waals surface area contributed by atoms with Gasteiger partial charge in [0.25, 0.3) is 0 Å². The molecule has 0 spiro atoms. The SMILES string of the molecule is CCCCCCc1cc(CCCCCC)cc([SiH]c2ccccc2)c1. The van der Waals surface area contributed by atoms with E-state index in [1.54, 1.807) is 16.3 Å². The van der Waals surface area contributed by atoms with Crippen molar-refractivity contribution in [3.63, 3.8) is 0 Å². The quantitative estimate of drug-likeness (QED) is 0.359. The van der Waals surface area contributed by atoms with Crippen LogP contribution in [0, 0.1) is 0 Å². The van der Waals surface area contributed by atoms with E-state index in [9.17, 15) is 0 Å². The highest BCUT2D eigenvalue weighted by Gasteiger charge is 2.04. The van der Waals surface area contributed by atoms with Crippen LogP contribution in [0.4, 0.5) is 0 Å². The Hall–Kier alpha value is -1.34. The summed E-state index contributed by atoms with van der Waals surface area (Å²) in [4.78, 5) is 0. The van der Waals surface area contributed by atoms with Crippen LogP contribution in [0.15, 0.2) is 48.5 Å². The van der Waals surface area contributed by atoms with Gasteiger partial charge in [0.1, 0.15) is 9.52 Å². The summed E-state index contributed by atoms with van der Waals surface area (Å²) in [6, 6.07) is 18.5. The van der Waals surface area contributed by atoms with Crippen LogP contribution in [0.5, 0.6) is 0 Å². The van der Waals surface area contributed by atoms with Gasteiger partial charge in [-0.15, -0.1) is 0 Å². The smallest absolute Gasteiger partial charge is 0.0654 e. The average Bonchev–Trinajstić information content (AvgIpc) is 2.63. The lowest BCUT2D eigenvalue weighted by Gasteiger charge is -2.10. The molecule has 0 saturated carbocycles. The van der Waals surface area contributed by atoms with Gasteiger partial charge in [-0.3, -0.25) is 0 Å². The Morgan fingerprint density at radius 3 is 1.68 bits per heavy atom. The molecule has 2 aromatic rings. The van der Waals surface area contributed by atoms with Crippen molar-refractivity contribution in [2.45, 2.75) is 78.1 Å². The summed E-state index contributed by atoms with van der Waals surface area (Å²) in [5.41, 5.74) is 3.14. The van der Waals surface area contributed by atoms with Crippen LogP contribution in [0.3, 0.4) is 0 Å². The van der Waals surface area contributed by atoms with Crippen molar-refractivity contribution in [1.29, 1.82) is 0 Å². The minimum atomic E-state index is 0.219. The molecule has 1 radical (unpaired) electrons. The van der Waals surface area contributed by atoms with Gasteiger partial charge in [0.2, 0.25) is 0 Å². The number of benzene rings is 2.